The largest absolute Gasteiger partial charge is 0.505 e. The molecule has 1 aromatic rings. The lowest BCUT2D eigenvalue weighted by atomic mass is 9.61. The van der Waals surface area contributed by atoms with Gasteiger partial charge in [0.25, 0.3) is 0 Å². The van der Waals surface area contributed by atoms with Crippen LogP contribution >= 0.6 is 23.2 Å². The standard InChI is InChI=1S/C15H21Cl2NO2/c1-4-15(3)12(8-13(15)20-5-2)18-9-6-10(16)14(19)11(17)7-9/h6-7,12-13,18-19H,4-5,8H2,1-3H3. The predicted molar refractivity (Wildman–Crippen MR) is 84.0 cm³/mol. The summed E-state index contributed by atoms with van der Waals surface area (Å²) in [4.78, 5) is 0. The summed E-state index contributed by atoms with van der Waals surface area (Å²) < 4.78 is 5.79. The summed E-state index contributed by atoms with van der Waals surface area (Å²) in [7, 11) is 0. The highest BCUT2D eigenvalue weighted by Gasteiger charge is 2.51. The summed E-state index contributed by atoms with van der Waals surface area (Å²) in [5.74, 6) is -0.0714. The fraction of sp³-hybridized carbons (Fsp3) is 0.600. The van der Waals surface area contributed by atoms with Gasteiger partial charge in [-0.2, -0.15) is 0 Å². The van der Waals surface area contributed by atoms with Crippen molar-refractivity contribution in [3.8, 4) is 5.75 Å². The van der Waals surface area contributed by atoms with Crippen LogP contribution in [0.2, 0.25) is 10.0 Å². The van der Waals surface area contributed by atoms with Gasteiger partial charge in [0.1, 0.15) is 0 Å². The molecule has 0 amide bonds. The van der Waals surface area contributed by atoms with Gasteiger partial charge in [0.05, 0.1) is 16.1 Å². The average molecular weight is 318 g/mol. The molecule has 0 aliphatic heterocycles. The van der Waals surface area contributed by atoms with Crippen LogP contribution in [0, 0.1) is 5.41 Å². The normalized spacial score (nSPS) is 29.1. The zero-order valence-electron chi connectivity index (χ0n) is 12.0. The second-order valence-corrected chi connectivity index (χ2v) is 6.34. The number of halogens is 2. The predicted octanol–water partition coefficient (Wildman–Crippen LogP) is 4.70. The fourth-order valence-electron chi connectivity index (χ4n) is 2.82. The Kier molecular flexibility index (Phi) is 4.73. The van der Waals surface area contributed by atoms with Gasteiger partial charge in [0.2, 0.25) is 0 Å². The Hall–Kier alpha value is -0.640. The molecule has 112 valence electrons. The molecule has 0 heterocycles. The van der Waals surface area contributed by atoms with Crippen molar-refractivity contribution in [2.45, 2.75) is 45.8 Å². The van der Waals surface area contributed by atoms with E-state index in [0.717, 1.165) is 25.1 Å². The highest BCUT2D eigenvalue weighted by Crippen LogP contribution is 2.47. The quantitative estimate of drug-likeness (QED) is 0.773. The molecule has 1 fully saturated rings. The number of phenols is 1. The topological polar surface area (TPSA) is 41.5 Å². The van der Waals surface area contributed by atoms with E-state index in [1.54, 1.807) is 12.1 Å². The summed E-state index contributed by atoms with van der Waals surface area (Å²) in [6.45, 7) is 7.18. The number of ether oxygens (including phenoxy) is 1. The van der Waals surface area contributed by atoms with Gasteiger partial charge in [0, 0.05) is 23.8 Å². The second kappa shape index (κ2) is 6.00. The number of rotatable bonds is 5. The van der Waals surface area contributed by atoms with Crippen molar-refractivity contribution in [2.75, 3.05) is 11.9 Å². The maximum absolute atomic E-state index is 9.59. The number of hydrogen-bond donors (Lipinski definition) is 2. The van der Waals surface area contributed by atoms with Gasteiger partial charge in [-0.1, -0.05) is 37.0 Å². The van der Waals surface area contributed by atoms with Crippen molar-refractivity contribution in [1.29, 1.82) is 0 Å². The van der Waals surface area contributed by atoms with Crippen molar-refractivity contribution in [1.82, 2.24) is 0 Å². The lowest BCUT2D eigenvalue weighted by Gasteiger charge is -2.54. The third-order valence-corrected chi connectivity index (χ3v) is 5.05. The molecule has 5 heteroatoms. The van der Waals surface area contributed by atoms with E-state index >= 15 is 0 Å². The molecule has 0 aromatic heterocycles. The Balaban J connectivity index is 2.11. The smallest absolute Gasteiger partial charge is 0.152 e. The minimum absolute atomic E-state index is 0.0714. The molecule has 2 N–H and O–H groups in total. The minimum atomic E-state index is -0.0714. The highest BCUT2D eigenvalue weighted by molar-refractivity contribution is 6.37. The van der Waals surface area contributed by atoms with Crippen molar-refractivity contribution in [3.05, 3.63) is 22.2 Å². The number of benzene rings is 1. The summed E-state index contributed by atoms with van der Waals surface area (Å²) in [6.07, 6.45) is 2.29. The first-order valence-electron chi connectivity index (χ1n) is 6.98. The molecular formula is C15H21Cl2NO2. The van der Waals surface area contributed by atoms with E-state index in [0.29, 0.717) is 6.04 Å². The number of aromatic hydroxyl groups is 1. The molecule has 1 aliphatic carbocycles. The van der Waals surface area contributed by atoms with Crippen molar-refractivity contribution in [2.24, 2.45) is 5.41 Å². The van der Waals surface area contributed by atoms with Crippen LogP contribution < -0.4 is 5.32 Å². The Morgan fingerprint density at radius 3 is 2.45 bits per heavy atom. The number of phenolic OH excluding ortho intramolecular Hbond substituents is 1. The molecule has 2 rings (SSSR count). The van der Waals surface area contributed by atoms with Crippen molar-refractivity contribution < 1.29 is 9.84 Å². The van der Waals surface area contributed by atoms with Crippen LogP contribution in [0.5, 0.6) is 5.75 Å². The lowest BCUT2D eigenvalue weighted by Crippen LogP contribution is -2.59. The first-order chi connectivity index (χ1) is 9.42. The molecule has 0 spiro atoms. The van der Waals surface area contributed by atoms with Gasteiger partial charge in [-0.15, -0.1) is 0 Å². The van der Waals surface area contributed by atoms with Gasteiger partial charge >= 0.3 is 0 Å². The Bertz CT molecular complexity index is 472. The van der Waals surface area contributed by atoms with Crippen molar-refractivity contribution >= 4 is 28.9 Å². The van der Waals surface area contributed by atoms with Gasteiger partial charge in [-0.25, -0.2) is 0 Å². The molecule has 3 atom stereocenters. The molecule has 3 unspecified atom stereocenters. The Morgan fingerprint density at radius 1 is 1.35 bits per heavy atom. The van der Waals surface area contributed by atoms with E-state index in [1.165, 1.54) is 0 Å². The first-order valence-corrected chi connectivity index (χ1v) is 7.74. The van der Waals surface area contributed by atoms with E-state index in [2.05, 4.69) is 19.2 Å². The fourth-order valence-corrected chi connectivity index (χ4v) is 3.31. The molecule has 1 saturated carbocycles. The zero-order valence-corrected chi connectivity index (χ0v) is 13.6. The molecule has 3 nitrogen and oxygen atoms in total. The van der Waals surface area contributed by atoms with Crippen LogP contribution in [0.3, 0.4) is 0 Å². The minimum Gasteiger partial charge on any atom is -0.505 e. The molecule has 1 aromatic carbocycles. The average Bonchev–Trinajstić information content (AvgIpc) is 2.42. The number of anilines is 1. The van der Waals surface area contributed by atoms with E-state index in [1.807, 2.05) is 6.92 Å². The summed E-state index contributed by atoms with van der Waals surface area (Å²) >= 11 is 11.9. The van der Waals surface area contributed by atoms with Crippen LogP contribution in [0.1, 0.15) is 33.6 Å². The Labute approximate surface area is 130 Å². The van der Waals surface area contributed by atoms with Gasteiger partial charge in [-0.3, -0.25) is 0 Å². The number of nitrogens with one attached hydrogen (secondary N) is 1. The SMILES string of the molecule is CCOC1CC(Nc2cc(Cl)c(O)c(Cl)c2)C1(C)CC. The monoisotopic (exact) mass is 317 g/mol. The lowest BCUT2D eigenvalue weighted by molar-refractivity contribution is -0.109. The van der Waals surface area contributed by atoms with Crippen LogP contribution in [0.15, 0.2) is 12.1 Å². The van der Waals surface area contributed by atoms with Crippen LogP contribution in [0.25, 0.3) is 0 Å². The summed E-state index contributed by atoms with van der Waals surface area (Å²) in [5.41, 5.74) is 0.935. The summed E-state index contributed by atoms with van der Waals surface area (Å²) in [6, 6.07) is 3.72. The third kappa shape index (κ3) is 2.72. The molecule has 0 radical (unpaired) electrons. The van der Waals surface area contributed by atoms with Gasteiger partial charge < -0.3 is 15.2 Å². The molecule has 1 aliphatic rings. The van der Waals surface area contributed by atoms with Crippen LogP contribution in [-0.4, -0.2) is 23.9 Å². The molecule has 0 bridgehead atoms. The molecular weight excluding hydrogens is 297 g/mol. The second-order valence-electron chi connectivity index (χ2n) is 5.52. The van der Waals surface area contributed by atoms with Crippen molar-refractivity contribution in [3.63, 3.8) is 0 Å². The molecule has 20 heavy (non-hydrogen) atoms. The van der Waals surface area contributed by atoms with Crippen LogP contribution in [0.4, 0.5) is 5.69 Å². The van der Waals surface area contributed by atoms with E-state index in [9.17, 15) is 5.11 Å². The highest BCUT2D eigenvalue weighted by atomic mass is 35.5. The zero-order chi connectivity index (χ0) is 14.9. The Morgan fingerprint density at radius 2 is 1.95 bits per heavy atom. The van der Waals surface area contributed by atoms with E-state index in [-0.39, 0.29) is 27.3 Å². The third-order valence-electron chi connectivity index (χ3n) is 4.47. The molecule has 0 saturated heterocycles. The maximum atomic E-state index is 9.59. The van der Waals surface area contributed by atoms with E-state index in [4.69, 9.17) is 27.9 Å². The van der Waals surface area contributed by atoms with Gasteiger partial charge in [-0.05, 0) is 31.9 Å². The van der Waals surface area contributed by atoms with E-state index < -0.39 is 0 Å². The number of hydrogen-bond acceptors (Lipinski definition) is 3. The van der Waals surface area contributed by atoms with Gasteiger partial charge in [0.15, 0.2) is 5.75 Å². The van der Waals surface area contributed by atoms with Crippen LogP contribution in [-0.2, 0) is 4.74 Å². The maximum Gasteiger partial charge on any atom is 0.152 e. The first kappa shape index (κ1) is 15.7. The summed E-state index contributed by atoms with van der Waals surface area (Å²) in [5, 5.41) is 13.6.